The van der Waals surface area contributed by atoms with Gasteiger partial charge in [0.15, 0.2) is 0 Å². The van der Waals surface area contributed by atoms with E-state index in [0.717, 1.165) is 0 Å². The molecule has 0 saturated carbocycles. The van der Waals surface area contributed by atoms with Gasteiger partial charge in [-0.15, -0.1) is 0 Å². The first-order chi connectivity index (χ1) is 13.4. The van der Waals surface area contributed by atoms with Crippen molar-refractivity contribution >= 4 is 36.1 Å². The standard InChI is InChI=1S/C10H14N2O4S.H5O10P3/c1-5-3-12(10(15)11-9(5)14)8-2-6(13)7(4-17)16-8;1-11(2,3)9-13(7,8)10-12(4,5)6/h3,6-8,13,17H,2,4H2,1H3,(H,11,14,15);(H,7,8)(H2,1,2,3)(H2,4,5,6)/t6-,7+,8+;/m0./s1. The zero-order chi connectivity index (χ0) is 23.5. The van der Waals surface area contributed by atoms with Crippen LogP contribution in [0.3, 0.4) is 0 Å². The lowest BCUT2D eigenvalue weighted by Gasteiger charge is -2.14. The summed E-state index contributed by atoms with van der Waals surface area (Å²) >= 11 is 4.06. The minimum absolute atomic E-state index is 0.316. The number of aromatic nitrogens is 2. The molecule has 0 spiro atoms. The number of hydrogen-bond donors (Lipinski definition) is 8. The first-order valence-electron chi connectivity index (χ1n) is 7.57. The minimum atomic E-state index is -5.46. The molecule has 174 valence electrons. The van der Waals surface area contributed by atoms with E-state index in [9.17, 15) is 28.4 Å². The van der Waals surface area contributed by atoms with Gasteiger partial charge in [0.2, 0.25) is 0 Å². The van der Waals surface area contributed by atoms with Crippen molar-refractivity contribution in [3.05, 3.63) is 32.6 Å². The normalized spacial score (nSPS) is 22.5. The van der Waals surface area contributed by atoms with E-state index >= 15 is 0 Å². The molecule has 0 radical (unpaired) electrons. The number of thiol groups is 1. The summed E-state index contributed by atoms with van der Waals surface area (Å²) in [5.41, 5.74) is -0.509. The van der Waals surface area contributed by atoms with Crippen LogP contribution in [0.4, 0.5) is 0 Å². The number of hydrogen-bond acceptors (Lipinski definition) is 10. The van der Waals surface area contributed by atoms with Crippen molar-refractivity contribution in [3.8, 4) is 0 Å². The van der Waals surface area contributed by atoms with E-state index in [-0.39, 0.29) is 6.10 Å². The van der Waals surface area contributed by atoms with Crippen molar-refractivity contribution < 1.29 is 56.6 Å². The number of aryl methyl sites for hydroxylation is 1. The molecular formula is C10H19N2O14P3S. The molecule has 0 amide bonds. The Morgan fingerprint density at radius 1 is 1.17 bits per heavy atom. The molecule has 1 aromatic rings. The van der Waals surface area contributed by atoms with Gasteiger partial charge in [0.05, 0.1) is 12.2 Å². The van der Waals surface area contributed by atoms with Gasteiger partial charge >= 0.3 is 29.2 Å². The summed E-state index contributed by atoms with van der Waals surface area (Å²) in [6.45, 7) is 1.61. The van der Waals surface area contributed by atoms with Gasteiger partial charge in [-0.3, -0.25) is 14.3 Å². The lowest BCUT2D eigenvalue weighted by Crippen LogP contribution is -2.33. The Labute approximate surface area is 173 Å². The summed E-state index contributed by atoms with van der Waals surface area (Å²) < 4.78 is 43.2. The van der Waals surface area contributed by atoms with Crippen molar-refractivity contribution in [3.63, 3.8) is 0 Å². The van der Waals surface area contributed by atoms with E-state index in [1.165, 1.54) is 10.8 Å². The Bertz CT molecular complexity index is 968. The molecule has 0 aliphatic carbocycles. The topological polar surface area (TPSA) is 255 Å². The molecule has 0 aromatic carbocycles. The lowest BCUT2D eigenvalue weighted by molar-refractivity contribution is -0.00747. The Morgan fingerprint density at radius 3 is 2.07 bits per heavy atom. The number of nitrogens with one attached hydrogen (secondary N) is 1. The molecule has 0 unspecified atom stereocenters. The molecule has 2 rings (SSSR count). The summed E-state index contributed by atoms with van der Waals surface area (Å²) in [7, 11) is -16.2. The molecule has 1 aliphatic heterocycles. The van der Waals surface area contributed by atoms with Crippen molar-refractivity contribution in [2.45, 2.75) is 31.8 Å². The number of rotatable bonds is 6. The number of H-pyrrole nitrogens is 1. The maximum absolute atomic E-state index is 11.6. The molecule has 0 bridgehead atoms. The van der Waals surface area contributed by atoms with E-state index < -0.39 is 47.0 Å². The maximum Gasteiger partial charge on any atom is 0.490 e. The Morgan fingerprint density at radius 2 is 1.67 bits per heavy atom. The van der Waals surface area contributed by atoms with Gasteiger partial charge in [0.1, 0.15) is 6.23 Å². The van der Waals surface area contributed by atoms with E-state index in [2.05, 4.69) is 26.2 Å². The molecule has 1 saturated heterocycles. The van der Waals surface area contributed by atoms with Crippen LogP contribution in [0.2, 0.25) is 0 Å². The van der Waals surface area contributed by atoms with Crippen molar-refractivity contribution in [2.24, 2.45) is 0 Å². The van der Waals surface area contributed by atoms with E-state index in [1.54, 1.807) is 6.92 Å². The second-order valence-electron chi connectivity index (χ2n) is 5.71. The quantitative estimate of drug-likeness (QED) is 0.162. The number of nitrogens with zero attached hydrogens (tertiary/aromatic N) is 1. The molecule has 1 aromatic heterocycles. The number of ether oxygens (including phenoxy) is 1. The number of aliphatic hydroxyl groups is 1. The van der Waals surface area contributed by atoms with Gasteiger partial charge < -0.3 is 34.3 Å². The molecule has 3 atom stereocenters. The van der Waals surface area contributed by atoms with Gasteiger partial charge in [-0.1, -0.05) is 0 Å². The van der Waals surface area contributed by atoms with Crippen LogP contribution in [0.15, 0.2) is 15.8 Å². The maximum atomic E-state index is 11.6. The van der Waals surface area contributed by atoms with Gasteiger partial charge in [-0.2, -0.15) is 21.3 Å². The van der Waals surface area contributed by atoms with Crippen molar-refractivity contribution in [1.82, 2.24) is 9.55 Å². The zero-order valence-electron chi connectivity index (χ0n) is 14.9. The molecule has 20 heteroatoms. The van der Waals surface area contributed by atoms with Crippen LogP contribution < -0.4 is 11.2 Å². The summed E-state index contributed by atoms with van der Waals surface area (Å²) in [4.78, 5) is 65.2. The predicted octanol–water partition coefficient (Wildman–Crippen LogP) is -1.27. The number of aliphatic hydroxyl groups excluding tert-OH is 1. The van der Waals surface area contributed by atoms with Crippen LogP contribution in [-0.4, -0.2) is 57.1 Å². The average molecular weight is 516 g/mol. The fourth-order valence-corrected chi connectivity index (χ4v) is 5.00. The largest absolute Gasteiger partial charge is 0.490 e. The van der Waals surface area contributed by atoms with E-state index in [4.69, 9.17) is 29.2 Å². The number of aromatic amines is 1. The minimum Gasteiger partial charge on any atom is -0.390 e. The van der Waals surface area contributed by atoms with Crippen LogP contribution in [0.5, 0.6) is 0 Å². The Kier molecular flexibility index (Phi) is 9.42. The third-order valence-electron chi connectivity index (χ3n) is 3.26. The highest BCUT2D eigenvalue weighted by Crippen LogP contribution is 2.64. The fourth-order valence-electron chi connectivity index (χ4n) is 2.13. The predicted molar refractivity (Wildman–Crippen MR) is 101 cm³/mol. The van der Waals surface area contributed by atoms with E-state index in [0.29, 0.717) is 17.7 Å². The zero-order valence-corrected chi connectivity index (χ0v) is 18.5. The Hall–Kier alpha value is -0.640. The molecule has 30 heavy (non-hydrogen) atoms. The molecular weight excluding hydrogens is 497 g/mol. The lowest BCUT2D eigenvalue weighted by atomic mass is 10.2. The fraction of sp³-hybridized carbons (Fsp3) is 0.600. The van der Waals surface area contributed by atoms with Crippen molar-refractivity contribution in [2.75, 3.05) is 5.75 Å². The van der Waals surface area contributed by atoms with Gasteiger partial charge in [-0.25, -0.2) is 18.5 Å². The average Bonchev–Trinajstić information content (AvgIpc) is 2.87. The Balaban J connectivity index is 0.000000314. The molecule has 1 fully saturated rings. The summed E-state index contributed by atoms with van der Waals surface area (Å²) in [5, 5.41) is 9.67. The second-order valence-corrected chi connectivity index (χ2v) is 10.3. The summed E-state index contributed by atoms with van der Waals surface area (Å²) in [6.07, 6.45) is 0.181. The highest BCUT2D eigenvalue weighted by Gasteiger charge is 2.38. The third-order valence-corrected chi connectivity index (χ3v) is 6.97. The first-order valence-corrected chi connectivity index (χ1v) is 12.8. The first kappa shape index (κ1) is 27.4. The van der Waals surface area contributed by atoms with Crippen molar-refractivity contribution in [1.29, 1.82) is 0 Å². The van der Waals surface area contributed by atoms with Crippen LogP contribution in [0, 0.1) is 6.92 Å². The van der Waals surface area contributed by atoms with Gasteiger partial charge in [0.25, 0.3) is 5.56 Å². The molecule has 7 N–H and O–H groups in total. The van der Waals surface area contributed by atoms with Gasteiger partial charge in [-0.05, 0) is 6.92 Å². The highest BCUT2D eigenvalue weighted by molar-refractivity contribution is 7.80. The number of phosphoric acid groups is 3. The van der Waals surface area contributed by atoms with Crippen LogP contribution in [0.1, 0.15) is 18.2 Å². The SMILES string of the molecule is Cc1cn([C@H]2C[C@H](O)[C@@H](CS)O2)c(=O)[nH]c1=O.O=P(O)(O)OP(=O)(O)OP(=O)(O)O. The monoisotopic (exact) mass is 516 g/mol. The molecule has 16 nitrogen and oxygen atoms in total. The molecule has 2 heterocycles. The van der Waals surface area contributed by atoms with Gasteiger partial charge in [0, 0.05) is 23.9 Å². The van der Waals surface area contributed by atoms with Crippen LogP contribution >= 0.6 is 36.1 Å². The molecule has 1 aliphatic rings. The van der Waals surface area contributed by atoms with E-state index in [1.807, 2.05) is 0 Å². The smallest absolute Gasteiger partial charge is 0.390 e. The summed E-state index contributed by atoms with van der Waals surface area (Å²) in [5.74, 6) is 0.384. The third kappa shape index (κ3) is 9.24. The second kappa shape index (κ2) is 10.3. The van der Waals surface area contributed by atoms with Crippen LogP contribution in [0.25, 0.3) is 0 Å². The highest BCUT2D eigenvalue weighted by atomic mass is 32.1. The van der Waals surface area contributed by atoms with Crippen LogP contribution in [-0.2, 0) is 27.1 Å². The summed E-state index contributed by atoms with van der Waals surface area (Å²) in [6, 6.07) is 0.